The van der Waals surface area contributed by atoms with Crippen LogP contribution in [0.2, 0.25) is 0 Å². The largest absolute Gasteiger partial charge is 0.494 e. The molecule has 0 aliphatic carbocycles. The lowest BCUT2D eigenvalue weighted by atomic mass is 10.2. The van der Waals surface area contributed by atoms with Crippen molar-refractivity contribution < 1.29 is 13.5 Å². The van der Waals surface area contributed by atoms with Gasteiger partial charge in [-0.15, -0.1) is 0 Å². The van der Waals surface area contributed by atoms with Gasteiger partial charge in [0.2, 0.25) is 0 Å². The summed E-state index contributed by atoms with van der Waals surface area (Å²) in [6, 6.07) is 1.34. The van der Waals surface area contributed by atoms with E-state index in [-0.39, 0.29) is 11.3 Å². The zero-order valence-corrected chi connectivity index (χ0v) is 9.44. The van der Waals surface area contributed by atoms with Gasteiger partial charge in [-0.05, 0) is 13.0 Å². The van der Waals surface area contributed by atoms with Crippen molar-refractivity contribution in [3.63, 3.8) is 0 Å². The monoisotopic (exact) mass is 265 g/mol. The molecule has 0 aliphatic heterocycles. The Bertz CT molecular complexity index is 331. The van der Waals surface area contributed by atoms with E-state index in [9.17, 15) is 8.78 Å². The van der Waals surface area contributed by atoms with Crippen LogP contribution in [0.1, 0.15) is 23.4 Å². The van der Waals surface area contributed by atoms with Crippen molar-refractivity contribution in [3.8, 4) is 5.75 Å². The second-order valence-electron chi connectivity index (χ2n) is 2.77. The summed E-state index contributed by atoms with van der Waals surface area (Å²) < 4.78 is 30.1. The fourth-order valence-electron chi connectivity index (χ4n) is 1.24. The second kappa shape index (κ2) is 4.68. The van der Waals surface area contributed by atoms with Gasteiger partial charge in [-0.1, -0.05) is 15.9 Å². The lowest BCUT2D eigenvalue weighted by Gasteiger charge is -2.11. The molecule has 78 valence electrons. The molecule has 5 heteroatoms. The van der Waals surface area contributed by atoms with E-state index in [1.165, 1.54) is 13.2 Å². The van der Waals surface area contributed by atoms with E-state index in [1.807, 2.05) is 0 Å². The maximum Gasteiger partial charge on any atom is 0.267 e. The fraction of sp³-hybridized carbons (Fsp3) is 0.444. The van der Waals surface area contributed by atoms with Gasteiger partial charge in [-0.3, -0.25) is 4.98 Å². The molecule has 0 atom stereocenters. The lowest BCUT2D eigenvalue weighted by molar-refractivity contribution is 0.146. The molecule has 0 fully saturated rings. The first-order valence-electron chi connectivity index (χ1n) is 3.98. The first-order chi connectivity index (χ1) is 6.60. The SMILES string of the molecule is COc1c(C(F)F)cc(C)nc1CBr. The quantitative estimate of drug-likeness (QED) is 0.783. The Morgan fingerprint density at radius 1 is 1.57 bits per heavy atom. The van der Waals surface area contributed by atoms with Crippen molar-refractivity contribution in [2.24, 2.45) is 0 Å². The minimum Gasteiger partial charge on any atom is -0.494 e. The van der Waals surface area contributed by atoms with E-state index in [0.29, 0.717) is 16.7 Å². The molecule has 0 radical (unpaired) electrons. The number of halogens is 3. The van der Waals surface area contributed by atoms with Gasteiger partial charge < -0.3 is 4.74 Å². The van der Waals surface area contributed by atoms with Crippen LogP contribution in [-0.4, -0.2) is 12.1 Å². The number of pyridine rings is 1. The number of hydrogen-bond acceptors (Lipinski definition) is 2. The van der Waals surface area contributed by atoms with Crippen LogP contribution in [0.15, 0.2) is 6.07 Å². The summed E-state index contributed by atoms with van der Waals surface area (Å²) >= 11 is 3.18. The highest BCUT2D eigenvalue weighted by molar-refractivity contribution is 9.08. The average molecular weight is 266 g/mol. The van der Waals surface area contributed by atoms with Gasteiger partial charge in [0.15, 0.2) is 0 Å². The molecule has 0 bridgehead atoms. The summed E-state index contributed by atoms with van der Waals surface area (Å²) in [6.07, 6.45) is -2.54. The summed E-state index contributed by atoms with van der Waals surface area (Å²) in [6.45, 7) is 1.68. The Morgan fingerprint density at radius 3 is 2.64 bits per heavy atom. The molecule has 0 amide bonds. The van der Waals surface area contributed by atoms with Gasteiger partial charge in [0, 0.05) is 11.0 Å². The van der Waals surface area contributed by atoms with Crippen LogP contribution >= 0.6 is 15.9 Å². The number of aryl methyl sites for hydroxylation is 1. The zero-order valence-electron chi connectivity index (χ0n) is 7.85. The molecule has 0 unspecified atom stereocenters. The van der Waals surface area contributed by atoms with Crippen LogP contribution in [0, 0.1) is 6.92 Å². The fourth-order valence-corrected chi connectivity index (χ4v) is 1.62. The molecule has 0 saturated heterocycles. The number of aromatic nitrogens is 1. The summed E-state index contributed by atoms with van der Waals surface area (Å²) in [4.78, 5) is 4.10. The molecule has 1 rings (SSSR count). The Kier molecular flexibility index (Phi) is 3.80. The Balaban J connectivity index is 3.31. The highest BCUT2D eigenvalue weighted by atomic mass is 79.9. The maximum absolute atomic E-state index is 12.6. The molecule has 0 saturated carbocycles. The first-order valence-corrected chi connectivity index (χ1v) is 5.10. The van der Waals surface area contributed by atoms with Gasteiger partial charge in [0.1, 0.15) is 5.75 Å². The second-order valence-corrected chi connectivity index (χ2v) is 3.33. The summed E-state index contributed by atoms with van der Waals surface area (Å²) in [7, 11) is 1.37. The van der Waals surface area contributed by atoms with Gasteiger partial charge in [0.05, 0.1) is 18.4 Å². The summed E-state index contributed by atoms with van der Waals surface area (Å²) in [5.41, 5.74) is 0.966. The number of hydrogen-bond donors (Lipinski definition) is 0. The van der Waals surface area contributed by atoms with Crippen LogP contribution in [0.4, 0.5) is 8.78 Å². The Labute approximate surface area is 89.4 Å². The molecule has 14 heavy (non-hydrogen) atoms. The van der Waals surface area contributed by atoms with Crippen LogP contribution < -0.4 is 4.74 Å². The van der Waals surface area contributed by atoms with Crippen molar-refractivity contribution in [2.45, 2.75) is 18.7 Å². The third kappa shape index (κ3) is 2.20. The molecule has 1 heterocycles. The van der Waals surface area contributed by atoms with Gasteiger partial charge in [0.25, 0.3) is 6.43 Å². The third-order valence-corrected chi connectivity index (χ3v) is 2.30. The maximum atomic E-state index is 12.6. The highest BCUT2D eigenvalue weighted by Gasteiger charge is 2.18. The number of methoxy groups -OCH3 is 1. The molecule has 1 aromatic rings. The molecule has 0 spiro atoms. The normalized spacial score (nSPS) is 10.7. The standard InChI is InChI=1S/C9H10BrF2NO/c1-5-3-6(9(11)12)8(14-2)7(4-10)13-5/h3,9H,4H2,1-2H3. The predicted molar refractivity (Wildman–Crippen MR) is 53.1 cm³/mol. The van der Waals surface area contributed by atoms with E-state index < -0.39 is 6.43 Å². The average Bonchev–Trinajstić information content (AvgIpc) is 2.16. The predicted octanol–water partition coefficient (Wildman–Crippen LogP) is 3.23. The van der Waals surface area contributed by atoms with Crippen LogP contribution in [0.25, 0.3) is 0 Å². The minimum absolute atomic E-state index is 0.102. The van der Waals surface area contributed by atoms with Crippen molar-refractivity contribution in [3.05, 3.63) is 23.0 Å². The summed E-state index contributed by atoms with van der Waals surface area (Å²) in [5, 5.41) is 0.400. The Morgan fingerprint density at radius 2 is 2.21 bits per heavy atom. The number of nitrogens with zero attached hydrogens (tertiary/aromatic N) is 1. The smallest absolute Gasteiger partial charge is 0.267 e. The molecule has 0 aromatic carbocycles. The van der Waals surface area contributed by atoms with E-state index in [4.69, 9.17) is 4.74 Å². The topological polar surface area (TPSA) is 22.1 Å². The van der Waals surface area contributed by atoms with Gasteiger partial charge in [-0.2, -0.15) is 0 Å². The van der Waals surface area contributed by atoms with Crippen molar-refractivity contribution in [1.82, 2.24) is 4.98 Å². The molecule has 0 N–H and O–H groups in total. The molecular formula is C9H10BrF2NO. The summed E-state index contributed by atoms with van der Waals surface area (Å²) in [5.74, 6) is 0.169. The van der Waals surface area contributed by atoms with E-state index in [0.717, 1.165) is 0 Å². The molecule has 2 nitrogen and oxygen atoms in total. The van der Waals surface area contributed by atoms with Crippen LogP contribution in [0.5, 0.6) is 5.75 Å². The minimum atomic E-state index is -2.54. The molecule has 0 aliphatic rings. The van der Waals surface area contributed by atoms with E-state index >= 15 is 0 Å². The van der Waals surface area contributed by atoms with Gasteiger partial charge >= 0.3 is 0 Å². The van der Waals surface area contributed by atoms with Crippen LogP contribution in [0.3, 0.4) is 0 Å². The van der Waals surface area contributed by atoms with E-state index in [1.54, 1.807) is 6.92 Å². The van der Waals surface area contributed by atoms with E-state index in [2.05, 4.69) is 20.9 Å². The Hall–Kier alpha value is -0.710. The number of alkyl halides is 3. The number of ether oxygens (including phenoxy) is 1. The van der Waals surface area contributed by atoms with Crippen molar-refractivity contribution in [1.29, 1.82) is 0 Å². The highest BCUT2D eigenvalue weighted by Crippen LogP contribution is 2.32. The number of rotatable bonds is 3. The molecular weight excluding hydrogens is 256 g/mol. The van der Waals surface area contributed by atoms with Crippen molar-refractivity contribution in [2.75, 3.05) is 7.11 Å². The third-order valence-electron chi connectivity index (χ3n) is 1.77. The van der Waals surface area contributed by atoms with Crippen LogP contribution in [-0.2, 0) is 5.33 Å². The zero-order chi connectivity index (χ0) is 10.7. The van der Waals surface area contributed by atoms with Crippen molar-refractivity contribution >= 4 is 15.9 Å². The lowest BCUT2D eigenvalue weighted by Crippen LogP contribution is -2.01. The van der Waals surface area contributed by atoms with Gasteiger partial charge in [-0.25, -0.2) is 8.78 Å². The first kappa shape index (κ1) is 11.4. The molecule has 1 aromatic heterocycles.